The largest absolute Gasteiger partial charge is 0.473 e. The Balaban J connectivity index is 0.00000200. The highest BCUT2D eigenvalue weighted by atomic mass is 32.2. The quantitative estimate of drug-likeness (QED) is 0.231. The average Bonchev–Trinajstić information content (AvgIpc) is 3.47. The number of anilines is 1. The monoisotopic (exact) mass is 575 g/mol. The molecule has 0 atom stereocenters. The van der Waals surface area contributed by atoms with Gasteiger partial charge in [-0.1, -0.05) is 25.1 Å². The minimum Gasteiger partial charge on any atom is -0.473 e. The van der Waals surface area contributed by atoms with Gasteiger partial charge in [0.05, 0.1) is 5.52 Å². The molecule has 0 radical (unpaired) electrons. The van der Waals surface area contributed by atoms with Gasteiger partial charge in [0, 0.05) is 53.3 Å². The number of piperidine rings is 1. The van der Waals surface area contributed by atoms with E-state index >= 15 is 0 Å². The predicted molar refractivity (Wildman–Crippen MR) is 136 cm³/mol. The Morgan fingerprint density at radius 3 is 2.50 bits per heavy atom. The van der Waals surface area contributed by atoms with Gasteiger partial charge in [0.1, 0.15) is 22.9 Å². The van der Waals surface area contributed by atoms with Crippen molar-refractivity contribution in [3.05, 3.63) is 41.5 Å². The van der Waals surface area contributed by atoms with Crippen LogP contribution in [0.4, 0.5) is 23.6 Å². The zero-order valence-electron chi connectivity index (χ0n) is 20.3. The summed E-state index contributed by atoms with van der Waals surface area (Å²) in [6.45, 7) is 5.37. The zero-order valence-corrected chi connectivity index (χ0v) is 21.9. The van der Waals surface area contributed by atoms with Crippen LogP contribution in [-0.2, 0) is 0 Å². The lowest BCUT2D eigenvalue weighted by molar-refractivity contribution is -0.0328. The van der Waals surface area contributed by atoms with Crippen LogP contribution in [0.2, 0.25) is 0 Å². The molecule has 1 aliphatic heterocycles. The van der Waals surface area contributed by atoms with Crippen molar-refractivity contribution < 1.29 is 37.8 Å². The van der Waals surface area contributed by atoms with Gasteiger partial charge in [-0.15, -0.1) is 11.3 Å². The topological polar surface area (TPSA) is 140 Å². The van der Waals surface area contributed by atoms with E-state index < -0.39 is 11.3 Å². The molecule has 1 saturated heterocycles. The second-order valence-electron chi connectivity index (χ2n) is 8.59. The highest BCUT2D eigenvalue weighted by Crippen LogP contribution is 2.41. The normalized spacial score (nSPS) is 14.4. The summed E-state index contributed by atoms with van der Waals surface area (Å²) in [7, 11) is 0. The molecule has 5 rings (SSSR count). The Labute approximate surface area is 222 Å². The second kappa shape index (κ2) is 11.8. The van der Waals surface area contributed by atoms with E-state index in [-0.39, 0.29) is 45.2 Å². The van der Waals surface area contributed by atoms with E-state index in [1.165, 1.54) is 29.8 Å². The van der Waals surface area contributed by atoms with Crippen LogP contribution in [0.3, 0.4) is 0 Å². The van der Waals surface area contributed by atoms with Crippen molar-refractivity contribution >= 4 is 39.3 Å². The first-order valence-corrected chi connectivity index (χ1v) is 12.9. The fraction of sp³-hybridized carbons (Fsp3) is 0.391. The van der Waals surface area contributed by atoms with Gasteiger partial charge >= 0.3 is 11.5 Å². The van der Waals surface area contributed by atoms with Crippen molar-refractivity contribution in [1.29, 1.82) is 0 Å². The molecule has 0 unspecified atom stereocenters. The molecule has 4 aromatic rings. The summed E-state index contributed by atoms with van der Waals surface area (Å²) in [5, 5.41) is 5.73. The van der Waals surface area contributed by atoms with Gasteiger partial charge in [-0.25, -0.2) is 14.4 Å². The number of alkyl halides is 3. The van der Waals surface area contributed by atoms with E-state index in [0.717, 1.165) is 18.9 Å². The van der Waals surface area contributed by atoms with Crippen LogP contribution in [0.5, 0.6) is 5.88 Å². The van der Waals surface area contributed by atoms with E-state index in [1.807, 2.05) is 18.7 Å². The van der Waals surface area contributed by atoms with Gasteiger partial charge in [-0.3, -0.25) is 0 Å². The molecule has 0 saturated carbocycles. The number of thioether (sulfide) groups is 1. The molecule has 0 amide bonds. The van der Waals surface area contributed by atoms with Crippen LogP contribution >= 0.6 is 23.1 Å². The SMILES string of the molecule is CC(C)c1noc(N2CCC(Oc3ncnc4c(-c5ccc(SC(F)(F)F)cc5F)csc34)CC2)n1.O.O. The van der Waals surface area contributed by atoms with E-state index in [0.29, 0.717) is 46.6 Å². The average molecular weight is 576 g/mol. The molecule has 38 heavy (non-hydrogen) atoms. The van der Waals surface area contributed by atoms with Crippen molar-refractivity contribution in [2.75, 3.05) is 18.0 Å². The van der Waals surface area contributed by atoms with E-state index in [1.54, 1.807) is 5.38 Å². The third-order valence-electron chi connectivity index (χ3n) is 5.72. The molecule has 206 valence electrons. The molecule has 1 aromatic carbocycles. The number of nitrogens with zero attached hydrogens (tertiary/aromatic N) is 5. The third kappa shape index (κ3) is 6.34. The highest BCUT2D eigenvalue weighted by Gasteiger charge is 2.30. The molecule has 15 heteroatoms. The Bertz CT molecular complexity index is 1370. The molecule has 4 N–H and O–H groups in total. The molecule has 3 aromatic heterocycles. The summed E-state index contributed by atoms with van der Waals surface area (Å²) in [4.78, 5) is 14.8. The third-order valence-corrected chi connectivity index (χ3v) is 7.40. The Hall–Kier alpha value is -3.01. The minimum atomic E-state index is -4.49. The van der Waals surface area contributed by atoms with Crippen molar-refractivity contribution in [3.8, 4) is 17.0 Å². The zero-order chi connectivity index (χ0) is 25.4. The summed E-state index contributed by atoms with van der Waals surface area (Å²) >= 11 is 0.952. The van der Waals surface area contributed by atoms with E-state index in [2.05, 4.69) is 20.1 Å². The lowest BCUT2D eigenvalue weighted by Gasteiger charge is -2.30. The maximum atomic E-state index is 14.7. The van der Waals surface area contributed by atoms with Crippen molar-refractivity contribution in [1.82, 2.24) is 20.1 Å². The highest BCUT2D eigenvalue weighted by molar-refractivity contribution is 8.00. The number of hydrogen-bond donors (Lipinski definition) is 0. The summed E-state index contributed by atoms with van der Waals surface area (Å²) in [5.74, 6) is 0.508. The van der Waals surface area contributed by atoms with Crippen LogP contribution in [0, 0.1) is 5.82 Å². The molecule has 0 spiro atoms. The molecule has 0 aliphatic carbocycles. The van der Waals surface area contributed by atoms with Crippen molar-refractivity contribution in [2.45, 2.75) is 49.1 Å². The maximum absolute atomic E-state index is 14.7. The van der Waals surface area contributed by atoms with E-state index in [9.17, 15) is 17.6 Å². The number of benzene rings is 1. The van der Waals surface area contributed by atoms with Crippen LogP contribution in [0.1, 0.15) is 38.4 Å². The summed E-state index contributed by atoms with van der Waals surface area (Å²) in [6, 6.07) is 3.98. The van der Waals surface area contributed by atoms with Crippen LogP contribution in [0.15, 0.2) is 39.3 Å². The summed E-state index contributed by atoms with van der Waals surface area (Å²) in [6.07, 6.45) is 2.69. The number of hydrogen-bond acceptors (Lipinski definition) is 9. The number of halogens is 4. The van der Waals surface area contributed by atoms with Gasteiger partial charge in [-0.05, 0) is 23.9 Å². The van der Waals surface area contributed by atoms with Crippen molar-refractivity contribution in [3.63, 3.8) is 0 Å². The lowest BCUT2D eigenvalue weighted by Crippen LogP contribution is -2.38. The Morgan fingerprint density at radius 1 is 1.13 bits per heavy atom. The van der Waals surface area contributed by atoms with Gasteiger partial charge in [0.15, 0.2) is 5.82 Å². The molecule has 1 fully saturated rings. The number of thiophene rings is 1. The number of ether oxygens (including phenoxy) is 1. The molecular weight excluding hydrogens is 550 g/mol. The predicted octanol–water partition coefficient (Wildman–Crippen LogP) is 5.01. The fourth-order valence-corrected chi connectivity index (χ4v) is 5.44. The molecule has 1 aliphatic rings. The van der Waals surface area contributed by atoms with Crippen molar-refractivity contribution in [2.24, 2.45) is 0 Å². The van der Waals surface area contributed by atoms with Crippen LogP contribution in [-0.4, -0.2) is 55.8 Å². The van der Waals surface area contributed by atoms with Gasteiger partial charge < -0.3 is 25.1 Å². The van der Waals surface area contributed by atoms with Gasteiger partial charge in [0.2, 0.25) is 5.88 Å². The molecule has 9 nitrogen and oxygen atoms in total. The van der Waals surface area contributed by atoms with Gasteiger partial charge in [0.25, 0.3) is 0 Å². The number of aromatic nitrogens is 4. The molecule has 0 bridgehead atoms. The summed E-state index contributed by atoms with van der Waals surface area (Å²) < 4.78 is 64.9. The first kappa shape index (κ1) is 29.5. The van der Waals surface area contributed by atoms with Gasteiger partial charge in [-0.2, -0.15) is 18.2 Å². The molecule has 4 heterocycles. The number of fused-ring (bicyclic) bond motifs is 1. The second-order valence-corrected chi connectivity index (χ2v) is 10.6. The first-order chi connectivity index (χ1) is 17.2. The number of rotatable bonds is 6. The standard InChI is InChI=1S/C23H21F4N5O2S2.2H2O/c1-12(2)20-30-22(34-31-20)32-7-5-13(6-8-32)33-21-19-18(28-11-29-21)16(10-35-19)15-4-3-14(9-17(15)24)36-23(25,26)27;;/h3-4,9-13H,5-8H2,1-2H3;2*1H2. The first-order valence-electron chi connectivity index (χ1n) is 11.2. The Morgan fingerprint density at radius 2 is 1.87 bits per heavy atom. The fourth-order valence-electron chi connectivity index (χ4n) is 3.93. The lowest BCUT2D eigenvalue weighted by atomic mass is 10.1. The minimum absolute atomic E-state index is 0. The van der Waals surface area contributed by atoms with Crippen LogP contribution < -0.4 is 9.64 Å². The molecular formula is C23H25F4N5O4S2. The Kier molecular flexibility index (Phi) is 9.17. The van der Waals surface area contributed by atoms with E-state index in [4.69, 9.17) is 9.26 Å². The maximum Gasteiger partial charge on any atom is 0.446 e. The summed E-state index contributed by atoms with van der Waals surface area (Å²) in [5.41, 5.74) is -3.34. The van der Waals surface area contributed by atoms with Crippen LogP contribution in [0.25, 0.3) is 21.3 Å². The smallest absolute Gasteiger partial charge is 0.446 e.